The number of ether oxygens (including phenoxy) is 2. The lowest BCUT2D eigenvalue weighted by molar-refractivity contribution is -0.141. The SMILES string of the molecule is CCc1cc(CO[Si](C)(C)C(C)(C)C)cc(NC(=O)[C@H](C)CC(=O)[C@H](C)NC(=O)CCCCC(=O)OC)c1.COC(=O)CCCCC(=O)N[C@@H](C)C(=O)C[C@@H](C)C(=O)Nc1cc(CO)cc(CO[Si](C)(C)C(C)(C)C)c1. The van der Waals surface area contributed by atoms with E-state index in [-0.39, 0.29) is 102 Å². The number of methoxy groups -OCH3 is 2. The normalized spacial score (nSPS) is 13.4. The van der Waals surface area contributed by atoms with Gasteiger partial charge >= 0.3 is 11.9 Å². The van der Waals surface area contributed by atoms with E-state index in [1.165, 1.54) is 14.2 Å². The molecule has 4 amide bonds. The van der Waals surface area contributed by atoms with Crippen LogP contribution in [0.5, 0.6) is 0 Å². The van der Waals surface area contributed by atoms with Gasteiger partial charge in [-0.25, -0.2) is 0 Å². The number of aliphatic hydroxyl groups excluding tert-OH is 1. The monoisotopic (exact) mass is 1100 g/mol. The molecule has 0 aromatic heterocycles. The van der Waals surface area contributed by atoms with Gasteiger partial charge in [-0.1, -0.05) is 74.4 Å². The lowest BCUT2D eigenvalue weighted by Crippen LogP contribution is -2.40. The molecule has 0 unspecified atom stereocenters. The summed E-state index contributed by atoms with van der Waals surface area (Å²) in [5.74, 6) is -3.36. The van der Waals surface area contributed by atoms with Gasteiger partial charge in [0.05, 0.1) is 46.1 Å². The highest BCUT2D eigenvalue weighted by molar-refractivity contribution is 6.74. The topological polar surface area (TPSA) is 242 Å². The Balaban J connectivity index is 0.000000760. The van der Waals surface area contributed by atoms with Crippen molar-refractivity contribution in [3.05, 3.63) is 58.7 Å². The molecule has 2 aromatic carbocycles. The summed E-state index contributed by atoms with van der Waals surface area (Å²) < 4.78 is 21.8. The van der Waals surface area contributed by atoms with Crippen molar-refractivity contribution < 1.29 is 61.8 Å². The molecule has 0 radical (unpaired) electrons. The molecule has 0 saturated heterocycles. The van der Waals surface area contributed by atoms with Crippen LogP contribution < -0.4 is 21.3 Å². The number of rotatable bonds is 30. The number of amides is 4. The highest BCUT2D eigenvalue weighted by Gasteiger charge is 2.38. The molecule has 0 spiro atoms. The average Bonchev–Trinajstić information content (AvgIpc) is 3.34. The van der Waals surface area contributed by atoms with Crippen molar-refractivity contribution in [2.45, 2.75) is 215 Å². The number of nitrogens with one attached hydrogen (secondary N) is 4. The van der Waals surface area contributed by atoms with E-state index in [1.807, 2.05) is 24.3 Å². The van der Waals surface area contributed by atoms with E-state index in [9.17, 15) is 43.5 Å². The van der Waals surface area contributed by atoms with Crippen molar-refractivity contribution in [3.63, 3.8) is 0 Å². The maximum Gasteiger partial charge on any atom is 0.305 e. The fraction of sp³-hybridized carbons (Fsp3) is 0.649. The first-order chi connectivity index (χ1) is 35.2. The van der Waals surface area contributed by atoms with Crippen LogP contribution in [0.25, 0.3) is 0 Å². The first kappa shape index (κ1) is 68.9. The Bertz CT molecular complexity index is 2100. The number of ketones is 2. The summed E-state index contributed by atoms with van der Waals surface area (Å²) in [5.41, 5.74) is 4.84. The molecular formula is C57H94N4O13Si2. The minimum Gasteiger partial charge on any atom is -0.469 e. The molecule has 4 atom stereocenters. The van der Waals surface area contributed by atoms with Gasteiger partial charge in [-0.15, -0.1) is 0 Å². The molecule has 0 saturated carbocycles. The number of aliphatic hydroxyl groups is 1. The fourth-order valence-corrected chi connectivity index (χ4v) is 8.79. The van der Waals surface area contributed by atoms with E-state index in [2.05, 4.69) is 111 Å². The summed E-state index contributed by atoms with van der Waals surface area (Å²) in [4.78, 5) is 97.5. The predicted molar refractivity (Wildman–Crippen MR) is 303 cm³/mol. The zero-order valence-electron chi connectivity index (χ0n) is 49.0. The summed E-state index contributed by atoms with van der Waals surface area (Å²) in [6.45, 7) is 31.2. The summed E-state index contributed by atoms with van der Waals surface area (Å²) in [6.07, 6.45) is 3.86. The second-order valence-electron chi connectivity index (χ2n) is 23.0. The first-order valence-corrected chi connectivity index (χ1v) is 32.5. The Morgan fingerprint density at radius 2 is 0.855 bits per heavy atom. The van der Waals surface area contributed by atoms with Crippen molar-refractivity contribution in [2.75, 3.05) is 24.9 Å². The van der Waals surface area contributed by atoms with Gasteiger partial charge in [0.25, 0.3) is 0 Å². The van der Waals surface area contributed by atoms with Crippen molar-refractivity contribution in [3.8, 4) is 0 Å². The van der Waals surface area contributed by atoms with Crippen LogP contribution in [0, 0.1) is 11.8 Å². The molecule has 0 heterocycles. The van der Waals surface area contributed by atoms with Gasteiger partial charge in [-0.05, 0) is 129 Å². The van der Waals surface area contributed by atoms with E-state index in [1.54, 1.807) is 33.8 Å². The van der Waals surface area contributed by atoms with Crippen LogP contribution in [-0.4, -0.2) is 95.2 Å². The number of unbranched alkanes of at least 4 members (excludes halogenated alkanes) is 2. The third kappa shape index (κ3) is 25.8. The van der Waals surface area contributed by atoms with E-state index in [4.69, 9.17) is 8.85 Å². The van der Waals surface area contributed by atoms with Gasteiger partial charge in [0.15, 0.2) is 28.2 Å². The van der Waals surface area contributed by atoms with Gasteiger partial charge in [-0.2, -0.15) is 0 Å². The number of hydrogen-bond donors (Lipinski definition) is 5. The van der Waals surface area contributed by atoms with Crippen LogP contribution in [0.15, 0.2) is 36.4 Å². The molecule has 428 valence electrons. The number of esters is 2. The van der Waals surface area contributed by atoms with E-state index in [0.29, 0.717) is 55.8 Å². The first-order valence-electron chi connectivity index (χ1n) is 26.7. The van der Waals surface area contributed by atoms with Crippen LogP contribution in [0.3, 0.4) is 0 Å². The van der Waals surface area contributed by atoms with Gasteiger partial charge in [0, 0.05) is 61.7 Å². The third-order valence-electron chi connectivity index (χ3n) is 14.2. The molecule has 17 nitrogen and oxygen atoms in total. The van der Waals surface area contributed by atoms with Gasteiger partial charge in [-0.3, -0.25) is 38.4 Å². The Kier molecular flexibility index (Phi) is 29.6. The second-order valence-corrected chi connectivity index (χ2v) is 32.6. The molecule has 0 fully saturated rings. The number of hydrogen-bond acceptors (Lipinski definition) is 13. The highest BCUT2D eigenvalue weighted by Crippen LogP contribution is 2.38. The minimum atomic E-state index is -1.98. The van der Waals surface area contributed by atoms with E-state index in [0.717, 1.165) is 23.1 Å². The smallest absolute Gasteiger partial charge is 0.305 e. The summed E-state index contributed by atoms with van der Waals surface area (Å²) >= 11 is 0. The standard InChI is InChI=1S/C29H48N2O6Si.C28H46N2O7Si/c1-10-22-16-23(19-37-38(8,9)29(4,5)6)18-24(17-22)31-28(35)20(2)15-25(32)21(3)30-26(33)13-11-12-14-27(34)36-7;1-19(13-24(32)20(2)29-25(33)11-9-10-12-26(34)36-6)27(35)30-23-15-21(17-31)14-22(16-23)18-37-38(7,8)28(3,4)5/h16-18,20-21H,10-15,19H2,1-9H3,(H,30,33)(H,31,35);14-16,19-20,31H,9-13,17-18H2,1-8H3,(H,29,33)(H,30,35)/t20-,21+;19-,20+/m11/s1. The molecule has 0 aliphatic heterocycles. The lowest BCUT2D eigenvalue weighted by atomic mass is 9.99. The number of carbonyl (C=O) groups excluding carboxylic acids is 8. The van der Waals surface area contributed by atoms with Crippen molar-refractivity contribution in [2.24, 2.45) is 11.8 Å². The van der Waals surface area contributed by atoms with Crippen LogP contribution >= 0.6 is 0 Å². The second kappa shape index (κ2) is 32.6. The third-order valence-corrected chi connectivity index (χ3v) is 23.2. The zero-order chi connectivity index (χ0) is 58.2. The average molecular weight is 1100 g/mol. The largest absolute Gasteiger partial charge is 0.469 e. The van der Waals surface area contributed by atoms with Crippen molar-refractivity contribution in [1.29, 1.82) is 0 Å². The number of aryl methyl sites for hydroxylation is 1. The molecule has 0 aliphatic carbocycles. The zero-order valence-corrected chi connectivity index (χ0v) is 51.0. The highest BCUT2D eigenvalue weighted by atomic mass is 28.4. The predicted octanol–water partition coefficient (Wildman–Crippen LogP) is 10.0. The molecule has 0 bridgehead atoms. The Labute approximate surface area is 456 Å². The Morgan fingerprint density at radius 1 is 0.526 bits per heavy atom. The number of Topliss-reactive ketones (excluding diaryl/α,β-unsaturated/α-hetero) is 2. The fourth-order valence-electron chi connectivity index (χ4n) is 6.87. The lowest BCUT2D eigenvalue weighted by Gasteiger charge is -2.36. The van der Waals surface area contributed by atoms with E-state index < -0.39 is 40.6 Å². The van der Waals surface area contributed by atoms with Crippen LogP contribution in [-0.2, 0) is 82.9 Å². The molecule has 5 N–H and O–H groups in total. The molecule has 19 heteroatoms. The molecule has 0 aliphatic rings. The quantitative estimate of drug-likeness (QED) is 0.0278. The molecular weight excluding hydrogens is 1000 g/mol. The Morgan fingerprint density at radius 3 is 1.18 bits per heavy atom. The Hall–Kier alpha value is -5.09. The van der Waals surface area contributed by atoms with Crippen LogP contribution in [0.1, 0.15) is 163 Å². The minimum absolute atomic E-state index is 0.0183. The van der Waals surface area contributed by atoms with Gasteiger partial charge < -0.3 is 44.7 Å². The van der Waals surface area contributed by atoms with Gasteiger partial charge in [0.2, 0.25) is 23.6 Å². The van der Waals surface area contributed by atoms with E-state index >= 15 is 0 Å². The summed E-state index contributed by atoms with van der Waals surface area (Å²) in [6, 6.07) is 9.95. The summed E-state index contributed by atoms with van der Waals surface area (Å²) in [5, 5.41) is 21.0. The van der Waals surface area contributed by atoms with Crippen LogP contribution in [0.2, 0.25) is 36.3 Å². The number of benzene rings is 2. The molecule has 2 aromatic rings. The number of carbonyl (C=O) groups is 8. The molecule has 2 rings (SSSR count). The van der Waals surface area contributed by atoms with Crippen LogP contribution in [0.4, 0.5) is 11.4 Å². The van der Waals surface area contributed by atoms with Crippen molar-refractivity contribution in [1.82, 2.24) is 10.6 Å². The maximum absolute atomic E-state index is 12.9. The summed E-state index contributed by atoms with van der Waals surface area (Å²) in [7, 11) is -1.24. The number of anilines is 2. The van der Waals surface area contributed by atoms with Crippen molar-refractivity contribution >= 4 is 75.1 Å². The molecule has 76 heavy (non-hydrogen) atoms. The van der Waals surface area contributed by atoms with Gasteiger partial charge in [0.1, 0.15) is 0 Å². The maximum atomic E-state index is 12.9.